The summed E-state index contributed by atoms with van der Waals surface area (Å²) in [4.78, 5) is 11.6. The van der Waals surface area contributed by atoms with Crippen molar-refractivity contribution in [2.45, 2.75) is 31.7 Å². The second kappa shape index (κ2) is 9.43. The highest BCUT2D eigenvalue weighted by Gasteiger charge is 2.45. The minimum Gasteiger partial charge on any atom is -0.378 e. The van der Waals surface area contributed by atoms with Gasteiger partial charge in [-0.1, -0.05) is 24.3 Å². The molecule has 2 fully saturated rings. The minimum absolute atomic E-state index is 0.121. The quantitative estimate of drug-likeness (QED) is 0.542. The Morgan fingerprint density at radius 2 is 1.97 bits per heavy atom. The predicted octanol–water partition coefficient (Wildman–Crippen LogP) is 2.84. The Kier molecular flexibility index (Phi) is 6.47. The van der Waals surface area contributed by atoms with Crippen molar-refractivity contribution in [2.75, 3.05) is 44.3 Å². The van der Waals surface area contributed by atoms with Crippen LogP contribution in [-0.2, 0) is 16.7 Å². The third-order valence-corrected chi connectivity index (χ3v) is 5.82. The van der Waals surface area contributed by atoms with E-state index in [4.69, 9.17) is 9.73 Å². The summed E-state index contributed by atoms with van der Waals surface area (Å²) >= 11 is 0. The molecule has 7 heteroatoms. The molecule has 2 heterocycles. The van der Waals surface area contributed by atoms with Crippen LogP contribution in [0.4, 0.5) is 10.2 Å². The maximum Gasteiger partial charge on any atom is 0.191 e. The predicted molar refractivity (Wildman–Crippen MR) is 117 cm³/mol. The van der Waals surface area contributed by atoms with Gasteiger partial charge in [0.25, 0.3) is 0 Å². The molecule has 2 aliphatic rings. The van der Waals surface area contributed by atoms with Crippen molar-refractivity contribution in [1.82, 2.24) is 15.6 Å². The number of guanidine groups is 1. The third kappa shape index (κ3) is 4.73. The van der Waals surface area contributed by atoms with E-state index in [1.807, 2.05) is 31.3 Å². The normalized spacial score (nSPS) is 18.2. The van der Waals surface area contributed by atoms with Crippen LogP contribution in [0.1, 0.15) is 30.9 Å². The average Bonchev–Trinajstić information content (AvgIpc) is 3.58. The lowest BCUT2D eigenvalue weighted by molar-refractivity contribution is 0.122. The first kappa shape index (κ1) is 20.6. The lowest BCUT2D eigenvalue weighted by Gasteiger charge is -2.29. The van der Waals surface area contributed by atoms with E-state index in [1.165, 1.54) is 0 Å². The topological polar surface area (TPSA) is 61.8 Å². The van der Waals surface area contributed by atoms with Gasteiger partial charge in [-0.2, -0.15) is 0 Å². The zero-order valence-corrected chi connectivity index (χ0v) is 17.5. The van der Waals surface area contributed by atoms with E-state index in [-0.39, 0.29) is 11.2 Å². The van der Waals surface area contributed by atoms with Crippen LogP contribution in [0, 0.1) is 5.82 Å². The summed E-state index contributed by atoms with van der Waals surface area (Å²) in [7, 11) is 0. The second-order valence-corrected chi connectivity index (χ2v) is 7.89. The van der Waals surface area contributed by atoms with E-state index in [0.29, 0.717) is 13.1 Å². The van der Waals surface area contributed by atoms with Crippen LogP contribution < -0.4 is 15.5 Å². The molecule has 4 rings (SSSR count). The Morgan fingerprint density at radius 3 is 2.70 bits per heavy atom. The van der Waals surface area contributed by atoms with Crippen molar-refractivity contribution in [1.29, 1.82) is 0 Å². The van der Waals surface area contributed by atoms with Crippen LogP contribution in [0.3, 0.4) is 0 Å². The SMILES string of the molecule is CCNC(=NCc1cccnc1N1CCOCC1)NCC1(c2ccccc2F)CC1. The number of halogens is 1. The highest BCUT2D eigenvalue weighted by Crippen LogP contribution is 2.48. The van der Waals surface area contributed by atoms with Gasteiger partial charge >= 0.3 is 0 Å². The highest BCUT2D eigenvalue weighted by atomic mass is 19.1. The lowest BCUT2D eigenvalue weighted by atomic mass is 9.95. The molecule has 0 unspecified atom stereocenters. The van der Waals surface area contributed by atoms with Gasteiger partial charge in [-0.15, -0.1) is 0 Å². The van der Waals surface area contributed by atoms with Gasteiger partial charge in [-0.05, 0) is 37.5 Å². The first-order valence-corrected chi connectivity index (χ1v) is 10.8. The van der Waals surface area contributed by atoms with Gasteiger partial charge in [0.2, 0.25) is 0 Å². The van der Waals surface area contributed by atoms with Crippen molar-refractivity contribution in [3.63, 3.8) is 0 Å². The maximum absolute atomic E-state index is 14.3. The van der Waals surface area contributed by atoms with E-state index in [0.717, 1.165) is 68.6 Å². The number of aromatic nitrogens is 1. The molecule has 1 saturated heterocycles. The van der Waals surface area contributed by atoms with E-state index < -0.39 is 0 Å². The second-order valence-electron chi connectivity index (χ2n) is 7.89. The molecule has 0 atom stereocenters. The Morgan fingerprint density at radius 1 is 1.17 bits per heavy atom. The smallest absolute Gasteiger partial charge is 0.191 e. The van der Waals surface area contributed by atoms with Crippen LogP contribution in [-0.4, -0.2) is 50.3 Å². The fourth-order valence-corrected chi connectivity index (χ4v) is 3.96. The number of anilines is 1. The molecule has 1 aromatic heterocycles. The van der Waals surface area contributed by atoms with Crippen LogP contribution in [0.15, 0.2) is 47.6 Å². The van der Waals surface area contributed by atoms with Crippen molar-refractivity contribution in [3.8, 4) is 0 Å². The molecule has 1 aromatic carbocycles. The molecule has 6 nitrogen and oxygen atoms in total. The summed E-state index contributed by atoms with van der Waals surface area (Å²) in [6, 6.07) is 11.1. The van der Waals surface area contributed by atoms with Crippen LogP contribution >= 0.6 is 0 Å². The monoisotopic (exact) mass is 411 g/mol. The van der Waals surface area contributed by atoms with Crippen molar-refractivity contribution < 1.29 is 9.13 Å². The van der Waals surface area contributed by atoms with Gasteiger partial charge in [0.1, 0.15) is 11.6 Å². The Balaban J connectivity index is 1.44. The summed E-state index contributed by atoms with van der Waals surface area (Å²) < 4.78 is 19.8. The Bertz CT molecular complexity index is 877. The lowest BCUT2D eigenvalue weighted by Crippen LogP contribution is -2.41. The van der Waals surface area contributed by atoms with Gasteiger partial charge in [0.05, 0.1) is 19.8 Å². The van der Waals surface area contributed by atoms with Crippen LogP contribution in [0.5, 0.6) is 0 Å². The number of benzene rings is 1. The maximum atomic E-state index is 14.3. The van der Waals surface area contributed by atoms with Crippen molar-refractivity contribution in [2.24, 2.45) is 4.99 Å². The summed E-state index contributed by atoms with van der Waals surface area (Å²) in [6.07, 6.45) is 3.81. The number of nitrogens with one attached hydrogen (secondary N) is 2. The molecule has 0 amide bonds. The highest BCUT2D eigenvalue weighted by molar-refractivity contribution is 5.80. The number of ether oxygens (including phenoxy) is 1. The fraction of sp³-hybridized carbons (Fsp3) is 0.478. The van der Waals surface area contributed by atoms with Crippen LogP contribution in [0.25, 0.3) is 0 Å². The molecule has 1 saturated carbocycles. The van der Waals surface area contributed by atoms with Crippen molar-refractivity contribution in [3.05, 3.63) is 59.5 Å². The fourth-order valence-electron chi connectivity index (χ4n) is 3.96. The van der Waals surface area contributed by atoms with E-state index in [9.17, 15) is 4.39 Å². The van der Waals surface area contributed by atoms with Gasteiger partial charge in [-0.25, -0.2) is 14.4 Å². The molecule has 30 heavy (non-hydrogen) atoms. The summed E-state index contributed by atoms with van der Waals surface area (Å²) in [6.45, 7) is 7.15. The van der Waals surface area contributed by atoms with Crippen LogP contribution in [0.2, 0.25) is 0 Å². The zero-order chi connectivity index (χ0) is 20.8. The Labute approximate surface area is 177 Å². The first-order valence-electron chi connectivity index (χ1n) is 10.8. The molecule has 1 aliphatic heterocycles. The number of hydrogen-bond donors (Lipinski definition) is 2. The van der Waals surface area contributed by atoms with Gasteiger partial charge < -0.3 is 20.3 Å². The summed E-state index contributed by atoms with van der Waals surface area (Å²) in [5, 5.41) is 6.75. The van der Waals surface area contributed by atoms with Crippen molar-refractivity contribution >= 4 is 11.8 Å². The van der Waals surface area contributed by atoms with Gasteiger partial charge in [-0.3, -0.25) is 0 Å². The number of morpholine rings is 1. The molecular weight excluding hydrogens is 381 g/mol. The summed E-state index contributed by atoms with van der Waals surface area (Å²) in [5.74, 6) is 1.60. The minimum atomic E-state index is -0.130. The number of rotatable bonds is 7. The Hall–Kier alpha value is -2.67. The number of pyridine rings is 1. The first-order chi connectivity index (χ1) is 14.7. The molecule has 2 aromatic rings. The molecule has 0 spiro atoms. The van der Waals surface area contributed by atoms with E-state index in [1.54, 1.807) is 12.1 Å². The summed E-state index contributed by atoms with van der Waals surface area (Å²) in [5.41, 5.74) is 1.76. The molecular formula is C23H30FN5O. The largest absolute Gasteiger partial charge is 0.378 e. The zero-order valence-electron chi connectivity index (χ0n) is 17.5. The molecule has 1 aliphatic carbocycles. The molecule has 160 valence electrons. The third-order valence-electron chi connectivity index (χ3n) is 5.82. The van der Waals surface area contributed by atoms with Gasteiger partial charge in [0.15, 0.2) is 5.96 Å². The van der Waals surface area contributed by atoms with E-state index >= 15 is 0 Å². The molecule has 0 radical (unpaired) electrons. The number of nitrogens with zero attached hydrogens (tertiary/aromatic N) is 3. The average molecular weight is 412 g/mol. The number of aliphatic imine (C=N–C) groups is 1. The standard InChI is InChI=1S/C23H30FN5O/c1-2-25-22(28-17-23(9-10-23)19-7-3-4-8-20(19)24)27-16-18-6-5-11-26-21(18)29-12-14-30-15-13-29/h3-8,11H,2,9-10,12-17H2,1H3,(H2,25,27,28). The van der Waals surface area contributed by atoms with E-state index in [2.05, 4.69) is 26.6 Å². The molecule has 2 N–H and O–H groups in total. The van der Waals surface area contributed by atoms with Gasteiger partial charge in [0, 0.05) is 43.4 Å². The molecule has 0 bridgehead atoms. The number of hydrogen-bond acceptors (Lipinski definition) is 4.